The Bertz CT molecular complexity index is 667. The minimum absolute atomic E-state index is 0.115. The molecule has 0 aliphatic rings. The molecule has 24 heavy (non-hydrogen) atoms. The SMILES string of the molecule is CC(C)c1cccc(C(C)C)c1NC(=O)COc1ccc(F)cc1. The molecule has 128 valence electrons. The average Bonchev–Trinajstić information content (AvgIpc) is 2.54. The van der Waals surface area contributed by atoms with Gasteiger partial charge in [0.05, 0.1) is 0 Å². The molecule has 0 fully saturated rings. The summed E-state index contributed by atoms with van der Waals surface area (Å²) in [4.78, 5) is 12.3. The Morgan fingerprint density at radius 3 is 2.04 bits per heavy atom. The summed E-state index contributed by atoms with van der Waals surface area (Å²) in [7, 11) is 0. The van der Waals surface area contributed by atoms with Gasteiger partial charge in [0.25, 0.3) is 5.91 Å². The van der Waals surface area contributed by atoms with Crippen molar-refractivity contribution < 1.29 is 13.9 Å². The Labute approximate surface area is 142 Å². The summed E-state index contributed by atoms with van der Waals surface area (Å²) in [6.45, 7) is 8.29. The molecule has 0 saturated heterocycles. The van der Waals surface area contributed by atoms with E-state index in [4.69, 9.17) is 4.74 Å². The Balaban J connectivity index is 2.11. The number of benzene rings is 2. The Morgan fingerprint density at radius 1 is 1.00 bits per heavy atom. The molecule has 1 amide bonds. The van der Waals surface area contributed by atoms with Crippen molar-refractivity contribution >= 4 is 11.6 Å². The molecule has 0 aliphatic carbocycles. The van der Waals surface area contributed by atoms with E-state index in [-0.39, 0.29) is 18.3 Å². The lowest BCUT2D eigenvalue weighted by Crippen LogP contribution is -2.22. The Kier molecular flexibility index (Phi) is 5.96. The van der Waals surface area contributed by atoms with Gasteiger partial charge in [-0.25, -0.2) is 4.39 Å². The number of hydrogen-bond donors (Lipinski definition) is 1. The van der Waals surface area contributed by atoms with E-state index in [0.29, 0.717) is 17.6 Å². The van der Waals surface area contributed by atoms with Crippen molar-refractivity contribution in [3.05, 3.63) is 59.4 Å². The van der Waals surface area contributed by atoms with Gasteiger partial charge in [0.15, 0.2) is 6.61 Å². The molecule has 2 rings (SSSR count). The van der Waals surface area contributed by atoms with Crippen LogP contribution in [0.5, 0.6) is 5.75 Å². The second-order valence-electron chi connectivity index (χ2n) is 6.41. The number of rotatable bonds is 6. The lowest BCUT2D eigenvalue weighted by atomic mass is 9.92. The molecule has 2 aromatic carbocycles. The third kappa shape index (κ3) is 4.57. The Hall–Kier alpha value is -2.36. The third-order valence-electron chi connectivity index (χ3n) is 3.82. The highest BCUT2D eigenvalue weighted by Crippen LogP contribution is 2.32. The van der Waals surface area contributed by atoms with Crippen molar-refractivity contribution in [1.29, 1.82) is 0 Å². The third-order valence-corrected chi connectivity index (χ3v) is 3.82. The highest BCUT2D eigenvalue weighted by atomic mass is 19.1. The predicted molar refractivity (Wildman–Crippen MR) is 95.1 cm³/mol. The number of carbonyl (C=O) groups is 1. The number of ether oxygens (including phenoxy) is 1. The van der Waals surface area contributed by atoms with Crippen LogP contribution in [-0.4, -0.2) is 12.5 Å². The second-order valence-corrected chi connectivity index (χ2v) is 6.41. The summed E-state index contributed by atoms with van der Waals surface area (Å²) < 4.78 is 18.3. The van der Waals surface area contributed by atoms with Crippen LogP contribution in [0.15, 0.2) is 42.5 Å². The fraction of sp³-hybridized carbons (Fsp3) is 0.350. The molecular weight excluding hydrogens is 305 g/mol. The fourth-order valence-electron chi connectivity index (χ4n) is 2.55. The molecule has 2 aromatic rings. The molecule has 0 aliphatic heterocycles. The van der Waals surface area contributed by atoms with Gasteiger partial charge >= 0.3 is 0 Å². The maximum atomic E-state index is 12.9. The number of anilines is 1. The van der Waals surface area contributed by atoms with Crippen LogP contribution in [0.1, 0.15) is 50.7 Å². The molecule has 0 radical (unpaired) electrons. The van der Waals surface area contributed by atoms with E-state index in [9.17, 15) is 9.18 Å². The standard InChI is InChI=1S/C20H24FNO2/c1-13(2)17-6-5-7-18(14(3)4)20(17)22-19(23)12-24-16-10-8-15(21)9-11-16/h5-11,13-14H,12H2,1-4H3,(H,22,23). The van der Waals surface area contributed by atoms with Crippen LogP contribution in [0, 0.1) is 5.82 Å². The van der Waals surface area contributed by atoms with E-state index in [1.165, 1.54) is 24.3 Å². The molecule has 0 aromatic heterocycles. The van der Waals surface area contributed by atoms with Crippen molar-refractivity contribution in [3.63, 3.8) is 0 Å². The predicted octanol–water partition coefficient (Wildman–Crippen LogP) is 5.09. The summed E-state index contributed by atoms with van der Waals surface area (Å²) in [6, 6.07) is 11.7. The van der Waals surface area contributed by atoms with E-state index in [2.05, 4.69) is 33.0 Å². The zero-order chi connectivity index (χ0) is 17.7. The van der Waals surface area contributed by atoms with Crippen LogP contribution in [0.2, 0.25) is 0 Å². The van der Waals surface area contributed by atoms with Crippen LogP contribution in [0.3, 0.4) is 0 Å². The number of carbonyl (C=O) groups excluding carboxylic acids is 1. The summed E-state index contributed by atoms with van der Waals surface area (Å²) in [5, 5.41) is 2.99. The Morgan fingerprint density at radius 2 is 1.54 bits per heavy atom. The highest BCUT2D eigenvalue weighted by Gasteiger charge is 2.16. The topological polar surface area (TPSA) is 38.3 Å². The van der Waals surface area contributed by atoms with Gasteiger partial charge in [0.2, 0.25) is 0 Å². The molecule has 0 spiro atoms. The molecule has 0 bridgehead atoms. The first kappa shape index (κ1) is 18.0. The van der Waals surface area contributed by atoms with Gasteiger partial charge in [-0.05, 0) is 47.2 Å². The average molecular weight is 329 g/mol. The highest BCUT2D eigenvalue weighted by molar-refractivity contribution is 5.93. The molecule has 0 saturated carbocycles. The quantitative estimate of drug-likeness (QED) is 0.801. The van der Waals surface area contributed by atoms with E-state index < -0.39 is 0 Å². The molecule has 4 heteroatoms. The second kappa shape index (κ2) is 7.95. The smallest absolute Gasteiger partial charge is 0.262 e. The van der Waals surface area contributed by atoms with Crippen LogP contribution < -0.4 is 10.1 Å². The molecule has 0 atom stereocenters. The first-order valence-corrected chi connectivity index (χ1v) is 8.19. The number of nitrogens with one attached hydrogen (secondary N) is 1. The van der Waals surface area contributed by atoms with Crippen molar-refractivity contribution in [2.75, 3.05) is 11.9 Å². The summed E-state index contributed by atoms with van der Waals surface area (Å²) >= 11 is 0. The van der Waals surface area contributed by atoms with Crippen LogP contribution in [0.4, 0.5) is 10.1 Å². The number of amides is 1. The maximum Gasteiger partial charge on any atom is 0.262 e. The zero-order valence-electron chi connectivity index (χ0n) is 14.6. The van der Waals surface area contributed by atoms with Gasteiger partial charge in [-0.15, -0.1) is 0 Å². The van der Waals surface area contributed by atoms with Gasteiger partial charge in [-0.1, -0.05) is 45.9 Å². The lowest BCUT2D eigenvalue weighted by Gasteiger charge is -2.20. The zero-order valence-corrected chi connectivity index (χ0v) is 14.6. The van der Waals surface area contributed by atoms with Crippen molar-refractivity contribution in [1.82, 2.24) is 0 Å². The van der Waals surface area contributed by atoms with Crippen molar-refractivity contribution in [2.45, 2.75) is 39.5 Å². The van der Waals surface area contributed by atoms with Gasteiger partial charge in [0.1, 0.15) is 11.6 Å². The number of hydrogen-bond acceptors (Lipinski definition) is 2. The van der Waals surface area contributed by atoms with E-state index in [0.717, 1.165) is 16.8 Å². The monoisotopic (exact) mass is 329 g/mol. The van der Waals surface area contributed by atoms with Gasteiger partial charge < -0.3 is 10.1 Å². The normalized spacial score (nSPS) is 11.0. The fourth-order valence-corrected chi connectivity index (χ4v) is 2.55. The number of halogens is 1. The van der Waals surface area contributed by atoms with Gasteiger partial charge in [-0.2, -0.15) is 0 Å². The van der Waals surface area contributed by atoms with E-state index in [1.54, 1.807) is 0 Å². The van der Waals surface area contributed by atoms with E-state index >= 15 is 0 Å². The van der Waals surface area contributed by atoms with Crippen molar-refractivity contribution in [2.24, 2.45) is 0 Å². The van der Waals surface area contributed by atoms with Crippen molar-refractivity contribution in [3.8, 4) is 5.75 Å². The first-order chi connectivity index (χ1) is 11.4. The largest absolute Gasteiger partial charge is 0.484 e. The molecule has 0 heterocycles. The van der Waals surface area contributed by atoms with Gasteiger partial charge in [0, 0.05) is 5.69 Å². The summed E-state index contributed by atoms with van der Waals surface area (Å²) in [6.07, 6.45) is 0. The molecule has 3 nitrogen and oxygen atoms in total. The number of para-hydroxylation sites is 1. The lowest BCUT2D eigenvalue weighted by molar-refractivity contribution is -0.118. The summed E-state index contributed by atoms with van der Waals surface area (Å²) in [5.74, 6) is 0.510. The molecule has 0 unspecified atom stereocenters. The maximum absolute atomic E-state index is 12.9. The molecular formula is C20H24FNO2. The van der Waals surface area contributed by atoms with Crippen LogP contribution in [0.25, 0.3) is 0 Å². The minimum Gasteiger partial charge on any atom is -0.484 e. The molecule has 1 N–H and O–H groups in total. The van der Waals surface area contributed by atoms with Crippen LogP contribution in [-0.2, 0) is 4.79 Å². The van der Waals surface area contributed by atoms with E-state index in [1.807, 2.05) is 18.2 Å². The first-order valence-electron chi connectivity index (χ1n) is 8.19. The van der Waals surface area contributed by atoms with Gasteiger partial charge in [-0.3, -0.25) is 4.79 Å². The summed E-state index contributed by atoms with van der Waals surface area (Å²) in [5.41, 5.74) is 3.09. The minimum atomic E-state index is -0.334. The van der Waals surface area contributed by atoms with Crippen LogP contribution >= 0.6 is 0 Å².